The van der Waals surface area contributed by atoms with Crippen LogP contribution >= 0.6 is 23.1 Å². The highest BCUT2D eigenvalue weighted by Gasteiger charge is 2.06. The van der Waals surface area contributed by atoms with E-state index < -0.39 is 0 Å². The largest absolute Gasteiger partial charge is 0.333 e. The first-order valence-corrected chi connectivity index (χ1v) is 8.47. The highest BCUT2D eigenvalue weighted by Crippen LogP contribution is 2.18. The number of benzene rings is 1. The van der Waals surface area contributed by atoms with Crippen LogP contribution in [0.5, 0.6) is 0 Å². The lowest BCUT2D eigenvalue weighted by molar-refractivity contribution is -0.118. The molecule has 2 heterocycles. The molecule has 3 aromatic rings. The Morgan fingerprint density at radius 2 is 2.27 bits per heavy atom. The fourth-order valence-corrected chi connectivity index (χ4v) is 3.28. The van der Waals surface area contributed by atoms with Crippen molar-refractivity contribution in [1.82, 2.24) is 15.4 Å². The Labute approximate surface area is 135 Å². The summed E-state index contributed by atoms with van der Waals surface area (Å²) in [4.78, 5) is 21.6. The van der Waals surface area contributed by atoms with E-state index in [0.717, 1.165) is 21.1 Å². The molecule has 0 aliphatic rings. The van der Waals surface area contributed by atoms with Crippen molar-refractivity contribution in [3.63, 3.8) is 0 Å². The second-order valence-corrected chi connectivity index (χ2v) is 6.87. The molecule has 0 saturated heterocycles. The number of hydrazone groups is 1. The van der Waals surface area contributed by atoms with Gasteiger partial charge >= 0.3 is 0 Å². The van der Waals surface area contributed by atoms with Crippen molar-refractivity contribution in [1.29, 1.82) is 0 Å². The minimum Gasteiger partial charge on any atom is -0.333 e. The number of aromatic amines is 1. The molecule has 0 spiro atoms. The third kappa shape index (κ3) is 3.75. The molecule has 7 heteroatoms. The summed E-state index contributed by atoms with van der Waals surface area (Å²) >= 11 is 2.99. The molecule has 22 heavy (non-hydrogen) atoms. The maximum Gasteiger partial charge on any atom is 0.250 e. The van der Waals surface area contributed by atoms with Crippen molar-refractivity contribution in [3.8, 4) is 0 Å². The number of thioether (sulfide) groups is 1. The van der Waals surface area contributed by atoms with Crippen LogP contribution < -0.4 is 5.43 Å². The lowest BCUT2D eigenvalue weighted by atomic mass is 10.3. The van der Waals surface area contributed by atoms with Crippen LogP contribution in [0.15, 0.2) is 46.7 Å². The van der Waals surface area contributed by atoms with Gasteiger partial charge in [0.05, 0.1) is 23.0 Å². The Morgan fingerprint density at radius 1 is 1.41 bits per heavy atom. The van der Waals surface area contributed by atoms with Gasteiger partial charge in [-0.25, -0.2) is 10.4 Å². The number of H-pyrrole nitrogens is 1. The van der Waals surface area contributed by atoms with E-state index in [-0.39, 0.29) is 11.7 Å². The summed E-state index contributed by atoms with van der Waals surface area (Å²) < 4.78 is 0. The van der Waals surface area contributed by atoms with Crippen molar-refractivity contribution < 1.29 is 4.79 Å². The fourth-order valence-electron chi connectivity index (χ4n) is 1.85. The number of fused-ring (bicyclic) bond motifs is 1. The van der Waals surface area contributed by atoms with Crippen LogP contribution in [0, 0.1) is 6.92 Å². The highest BCUT2D eigenvalue weighted by atomic mass is 32.2. The second-order valence-electron chi connectivity index (χ2n) is 4.59. The van der Waals surface area contributed by atoms with Gasteiger partial charge in [0.1, 0.15) is 0 Å². The zero-order valence-electron chi connectivity index (χ0n) is 11.9. The highest BCUT2D eigenvalue weighted by molar-refractivity contribution is 7.99. The number of aromatic nitrogens is 2. The number of hydrogen-bond donors (Lipinski definition) is 2. The van der Waals surface area contributed by atoms with E-state index in [9.17, 15) is 4.79 Å². The number of para-hydroxylation sites is 2. The van der Waals surface area contributed by atoms with Crippen molar-refractivity contribution in [2.45, 2.75) is 12.1 Å². The van der Waals surface area contributed by atoms with Crippen molar-refractivity contribution >= 4 is 46.3 Å². The molecule has 0 unspecified atom stereocenters. The van der Waals surface area contributed by atoms with E-state index >= 15 is 0 Å². The summed E-state index contributed by atoms with van der Waals surface area (Å²) in [7, 11) is 0. The Balaban J connectivity index is 1.50. The standard InChI is InChI=1S/C15H14N4OS2/c1-10-6-7-11(22-10)8-16-19-14(20)9-21-15-17-12-4-2-3-5-13(12)18-15/h2-8H,9H2,1H3,(H,17,18)(H,19,20). The molecule has 1 amide bonds. The predicted molar refractivity (Wildman–Crippen MR) is 91.6 cm³/mol. The molecule has 0 atom stereocenters. The zero-order valence-corrected chi connectivity index (χ0v) is 13.5. The molecule has 5 nitrogen and oxygen atoms in total. The van der Waals surface area contributed by atoms with Crippen LogP contribution in [0.4, 0.5) is 0 Å². The summed E-state index contributed by atoms with van der Waals surface area (Å²) in [5.74, 6) is 0.107. The maximum atomic E-state index is 11.7. The van der Waals surface area contributed by atoms with Crippen molar-refractivity contribution in [2.24, 2.45) is 5.10 Å². The number of thiophene rings is 1. The van der Waals surface area contributed by atoms with E-state index in [1.165, 1.54) is 16.6 Å². The number of hydrogen-bond acceptors (Lipinski definition) is 5. The molecule has 0 fully saturated rings. The molecular formula is C15H14N4OS2. The quantitative estimate of drug-likeness (QED) is 0.429. The Kier molecular flexibility index (Phi) is 4.55. The molecular weight excluding hydrogens is 316 g/mol. The normalized spacial score (nSPS) is 11.3. The third-order valence-electron chi connectivity index (χ3n) is 2.85. The van der Waals surface area contributed by atoms with Crippen LogP contribution in [0.3, 0.4) is 0 Å². The summed E-state index contributed by atoms with van der Waals surface area (Å²) in [6.45, 7) is 2.03. The van der Waals surface area contributed by atoms with Crippen molar-refractivity contribution in [2.75, 3.05) is 5.75 Å². The molecule has 0 aliphatic heterocycles. The van der Waals surface area contributed by atoms with Crippen LogP contribution in [0.2, 0.25) is 0 Å². The van der Waals surface area contributed by atoms with E-state index in [1.807, 2.05) is 43.3 Å². The first-order valence-electron chi connectivity index (χ1n) is 6.66. The SMILES string of the molecule is Cc1ccc(C=NNC(=O)CSc2nc3ccccc3[nH]2)s1. The van der Waals surface area contributed by atoms with Gasteiger partial charge in [-0.15, -0.1) is 11.3 Å². The van der Waals surface area contributed by atoms with E-state index in [4.69, 9.17) is 0 Å². The van der Waals surface area contributed by atoms with E-state index in [0.29, 0.717) is 0 Å². The fraction of sp³-hybridized carbons (Fsp3) is 0.133. The van der Waals surface area contributed by atoms with Gasteiger partial charge in [0.2, 0.25) is 0 Å². The Hall–Kier alpha value is -2.12. The van der Waals surface area contributed by atoms with Crippen LogP contribution in [0.1, 0.15) is 9.75 Å². The lowest BCUT2D eigenvalue weighted by Gasteiger charge is -1.97. The van der Waals surface area contributed by atoms with E-state index in [1.54, 1.807) is 17.6 Å². The molecule has 0 saturated carbocycles. The van der Waals surface area contributed by atoms with Gasteiger partial charge in [-0.05, 0) is 31.2 Å². The van der Waals surface area contributed by atoms with Crippen LogP contribution in [0.25, 0.3) is 11.0 Å². The number of rotatable bonds is 5. The number of amides is 1. The minimum atomic E-state index is -0.157. The molecule has 0 bridgehead atoms. The average Bonchev–Trinajstić information content (AvgIpc) is 3.11. The van der Waals surface area contributed by atoms with Crippen molar-refractivity contribution in [3.05, 3.63) is 46.2 Å². The monoisotopic (exact) mass is 330 g/mol. The molecule has 2 aromatic heterocycles. The second kappa shape index (κ2) is 6.76. The summed E-state index contributed by atoms with van der Waals surface area (Å²) in [6.07, 6.45) is 1.65. The maximum absolute atomic E-state index is 11.7. The van der Waals surface area contributed by atoms with Gasteiger partial charge in [-0.2, -0.15) is 5.10 Å². The van der Waals surface area contributed by atoms with Gasteiger partial charge in [0.15, 0.2) is 5.16 Å². The smallest absolute Gasteiger partial charge is 0.250 e. The van der Waals surface area contributed by atoms with Crippen LogP contribution in [-0.4, -0.2) is 27.8 Å². The number of nitrogens with zero attached hydrogens (tertiary/aromatic N) is 2. The predicted octanol–water partition coefficient (Wildman–Crippen LogP) is 3.18. The molecule has 1 aromatic carbocycles. The zero-order chi connectivity index (χ0) is 15.4. The summed E-state index contributed by atoms with van der Waals surface area (Å²) in [5, 5.41) is 4.68. The average molecular weight is 330 g/mol. The van der Waals surface area contributed by atoms with Crippen LogP contribution in [-0.2, 0) is 4.79 Å². The topological polar surface area (TPSA) is 70.1 Å². The third-order valence-corrected chi connectivity index (χ3v) is 4.66. The number of imidazole rings is 1. The Morgan fingerprint density at radius 3 is 3.05 bits per heavy atom. The number of carbonyl (C=O) groups excluding carboxylic acids is 1. The summed E-state index contributed by atoms with van der Waals surface area (Å²) in [5.41, 5.74) is 4.39. The number of carbonyl (C=O) groups is 1. The first-order chi connectivity index (χ1) is 10.7. The van der Waals surface area contributed by atoms with Gasteiger partial charge in [0, 0.05) is 9.75 Å². The molecule has 2 N–H and O–H groups in total. The number of nitrogens with one attached hydrogen (secondary N) is 2. The Bertz CT molecular complexity index is 789. The van der Waals surface area contributed by atoms with Gasteiger partial charge in [-0.3, -0.25) is 4.79 Å². The summed E-state index contributed by atoms with van der Waals surface area (Å²) in [6, 6.07) is 11.8. The lowest BCUT2D eigenvalue weighted by Crippen LogP contribution is -2.19. The molecule has 0 radical (unpaired) electrons. The molecule has 112 valence electrons. The van der Waals surface area contributed by atoms with E-state index in [2.05, 4.69) is 20.5 Å². The van der Waals surface area contributed by atoms with Gasteiger partial charge < -0.3 is 4.98 Å². The minimum absolute atomic E-state index is 0.157. The number of aryl methyl sites for hydroxylation is 1. The van der Waals surface area contributed by atoms with Gasteiger partial charge in [-0.1, -0.05) is 23.9 Å². The van der Waals surface area contributed by atoms with Gasteiger partial charge in [0.25, 0.3) is 5.91 Å². The molecule has 3 rings (SSSR count). The first kappa shape index (κ1) is 14.8. The molecule has 0 aliphatic carbocycles.